The summed E-state index contributed by atoms with van der Waals surface area (Å²) in [5, 5.41) is 6.56. The van der Waals surface area contributed by atoms with Gasteiger partial charge < -0.3 is 25.8 Å². The fourth-order valence-corrected chi connectivity index (χ4v) is 3.95. The Morgan fingerprint density at radius 1 is 1.06 bits per heavy atom. The van der Waals surface area contributed by atoms with Crippen molar-refractivity contribution >= 4 is 39.0 Å². The lowest BCUT2D eigenvalue weighted by atomic mass is 10.0. The highest BCUT2D eigenvalue weighted by Crippen LogP contribution is 2.39. The molecule has 36 heavy (non-hydrogen) atoms. The summed E-state index contributed by atoms with van der Waals surface area (Å²) >= 11 is 3.57. The lowest BCUT2D eigenvalue weighted by molar-refractivity contribution is 0.0602. The van der Waals surface area contributed by atoms with E-state index in [-0.39, 0.29) is 5.97 Å². The number of carbonyl (C=O) groups is 1. The maximum absolute atomic E-state index is 11.9. The minimum Gasteiger partial charge on any atom is -0.494 e. The Labute approximate surface area is 223 Å². The number of nitrogen functional groups attached to an aromatic ring is 1. The number of anilines is 3. The van der Waals surface area contributed by atoms with Gasteiger partial charge in [0, 0.05) is 23.2 Å². The first kappa shape index (κ1) is 29.0. The van der Waals surface area contributed by atoms with Crippen LogP contribution in [-0.4, -0.2) is 26.7 Å². The quantitative estimate of drug-likeness (QED) is 0.188. The van der Waals surface area contributed by atoms with Crippen molar-refractivity contribution in [3.8, 4) is 5.75 Å². The van der Waals surface area contributed by atoms with Crippen LogP contribution < -0.4 is 21.1 Å². The summed E-state index contributed by atoms with van der Waals surface area (Å²) in [5.74, 6) is 0.946. The van der Waals surface area contributed by atoms with Gasteiger partial charge in [-0.2, -0.15) is 0 Å². The molecule has 0 radical (unpaired) electrons. The minimum absolute atomic E-state index is 0.386. The zero-order chi connectivity index (χ0) is 26.7. The van der Waals surface area contributed by atoms with Crippen molar-refractivity contribution in [1.82, 2.24) is 0 Å². The number of methoxy groups -OCH3 is 2. The van der Waals surface area contributed by atoms with Crippen molar-refractivity contribution < 1.29 is 14.3 Å². The summed E-state index contributed by atoms with van der Waals surface area (Å²) in [4.78, 5) is 11.9. The number of aryl methyl sites for hydroxylation is 1. The van der Waals surface area contributed by atoms with Gasteiger partial charge >= 0.3 is 5.97 Å². The second-order valence-corrected chi connectivity index (χ2v) is 9.52. The summed E-state index contributed by atoms with van der Waals surface area (Å²) in [7, 11) is 2.98. The monoisotopic (exact) mass is 555 g/mol. The molecule has 6 nitrogen and oxygen atoms in total. The molecule has 0 aliphatic heterocycles. The summed E-state index contributed by atoms with van der Waals surface area (Å²) in [6.07, 6.45) is 0.980. The van der Waals surface area contributed by atoms with E-state index in [1.54, 1.807) is 19.2 Å². The first-order chi connectivity index (χ1) is 17.2. The van der Waals surface area contributed by atoms with Crippen molar-refractivity contribution in [1.29, 1.82) is 0 Å². The smallest absolute Gasteiger partial charge is 0.339 e. The van der Waals surface area contributed by atoms with Crippen LogP contribution in [0.15, 0.2) is 59.1 Å². The Kier molecular flexibility index (Phi) is 11.6. The Morgan fingerprint density at radius 2 is 1.72 bits per heavy atom. The topological polar surface area (TPSA) is 85.6 Å². The maximum Gasteiger partial charge on any atom is 0.339 e. The molecule has 7 heteroatoms. The number of nitrogens with two attached hydrogens (primary N) is 1. The van der Waals surface area contributed by atoms with Gasteiger partial charge in [-0.25, -0.2) is 4.79 Å². The molecule has 0 spiro atoms. The molecule has 0 saturated heterocycles. The molecule has 0 aliphatic carbocycles. The normalized spacial score (nSPS) is 10.3. The molecule has 3 aromatic carbocycles. The molecule has 194 valence electrons. The molecule has 0 unspecified atom stereocenters. The van der Waals surface area contributed by atoms with Crippen molar-refractivity contribution in [2.75, 3.05) is 37.1 Å². The Bertz CT molecular complexity index is 1130. The lowest BCUT2D eigenvalue weighted by Gasteiger charge is -2.18. The van der Waals surface area contributed by atoms with Gasteiger partial charge in [-0.05, 0) is 64.5 Å². The third-order valence-corrected chi connectivity index (χ3v) is 6.59. The minimum atomic E-state index is -0.386. The average molecular weight is 557 g/mol. The molecule has 0 fully saturated rings. The number of halogens is 1. The van der Waals surface area contributed by atoms with E-state index >= 15 is 0 Å². The number of hydrogen-bond acceptors (Lipinski definition) is 6. The van der Waals surface area contributed by atoms with Crippen molar-refractivity contribution in [3.63, 3.8) is 0 Å². The van der Waals surface area contributed by atoms with E-state index in [1.807, 2.05) is 18.2 Å². The molecular formula is C29H38BrN3O3. The fourth-order valence-electron chi connectivity index (χ4n) is 3.50. The first-order valence-corrected chi connectivity index (χ1v) is 12.9. The van der Waals surface area contributed by atoms with Crippen LogP contribution in [0.25, 0.3) is 0 Å². The van der Waals surface area contributed by atoms with Crippen LogP contribution in [0.4, 0.5) is 17.1 Å². The van der Waals surface area contributed by atoms with Crippen LogP contribution in [0.5, 0.6) is 5.75 Å². The third kappa shape index (κ3) is 7.92. The number of para-hydroxylation sites is 1. The molecule has 3 rings (SSSR count). The van der Waals surface area contributed by atoms with E-state index in [0.29, 0.717) is 35.2 Å². The molecule has 3 aromatic rings. The van der Waals surface area contributed by atoms with E-state index in [2.05, 4.69) is 78.5 Å². The van der Waals surface area contributed by atoms with Gasteiger partial charge in [-0.3, -0.25) is 0 Å². The highest BCUT2D eigenvalue weighted by molar-refractivity contribution is 9.10. The summed E-state index contributed by atoms with van der Waals surface area (Å²) in [5.41, 5.74) is 12.5. The molecule has 0 bridgehead atoms. The summed E-state index contributed by atoms with van der Waals surface area (Å²) in [6.45, 7) is 9.89. The second-order valence-electron chi connectivity index (χ2n) is 8.72. The highest BCUT2D eigenvalue weighted by Gasteiger charge is 2.16. The molecule has 0 atom stereocenters. The maximum atomic E-state index is 11.9. The molecular weight excluding hydrogens is 518 g/mol. The number of hydrogen-bond donors (Lipinski definition) is 3. The molecule has 0 aliphatic rings. The van der Waals surface area contributed by atoms with E-state index < -0.39 is 0 Å². The van der Waals surface area contributed by atoms with Gasteiger partial charge in [0.15, 0.2) is 0 Å². The van der Waals surface area contributed by atoms with E-state index in [4.69, 9.17) is 15.2 Å². The Balaban J connectivity index is 0.000000380. The van der Waals surface area contributed by atoms with E-state index in [0.717, 1.165) is 28.7 Å². The number of benzene rings is 3. The number of esters is 1. The van der Waals surface area contributed by atoms with Gasteiger partial charge in [0.05, 0.1) is 25.5 Å². The van der Waals surface area contributed by atoms with Crippen LogP contribution in [0.1, 0.15) is 60.2 Å². The third-order valence-electron chi connectivity index (χ3n) is 5.66. The number of carbonyl (C=O) groups excluding carboxylic acids is 1. The molecule has 0 aromatic heterocycles. The predicted octanol–water partition coefficient (Wildman–Crippen LogP) is 7.38. The fraction of sp³-hybridized carbons (Fsp3) is 0.345. The van der Waals surface area contributed by atoms with E-state index in [1.165, 1.54) is 18.2 Å². The van der Waals surface area contributed by atoms with Gasteiger partial charge in [0.25, 0.3) is 0 Å². The van der Waals surface area contributed by atoms with Crippen LogP contribution in [0.3, 0.4) is 0 Å². The SMILES string of the molecule is CCCNc1c(OC)cc(CNc2ccccc2C(=O)OC)c(Br)c1N.Cc1ccc(C(C)C)cc1. The van der Waals surface area contributed by atoms with Gasteiger partial charge in [-0.1, -0.05) is 62.7 Å². The zero-order valence-electron chi connectivity index (χ0n) is 22.1. The second kappa shape index (κ2) is 14.4. The van der Waals surface area contributed by atoms with Crippen LogP contribution in [0, 0.1) is 6.92 Å². The van der Waals surface area contributed by atoms with Crippen molar-refractivity contribution in [2.45, 2.75) is 46.6 Å². The van der Waals surface area contributed by atoms with Crippen LogP contribution in [-0.2, 0) is 11.3 Å². The molecule has 4 N–H and O–H groups in total. The zero-order valence-corrected chi connectivity index (χ0v) is 23.7. The standard InChI is InChI=1S/C19H24BrN3O3.C10H14/c1-4-9-22-18-15(25-2)10-12(16(20)17(18)21)11-23-14-8-6-5-7-13(14)19(24)26-3;1-8(2)10-6-4-9(3)5-7-10/h5-8,10,22-23H,4,9,11,21H2,1-3H3;4-8H,1-3H3. The largest absolute Gasteiger partial charge is 0.494 e. The molecule has 0 heterocycles. The molecule has 0 amide bonds. The van der Waals surface area contributed by atoms with Crippen LogP contribution in [0.2, 0.25) is 0 Å². The van der Waals surface area contributed by atoms with Crippen LogP contribution >= 0.6 is 15.9 Å². The van der Waals surface area contributed by atoms with Crippen molar-refractivity contribution in [3.05, 3.63) is 81.3 Å². The van der Waals surface area contributed by atoms with Crippen molar-refractivity contribution in [2.24, 2.45) is 0 Å². The highest BCUT2D eigenvalue weighted by atomic mass is 79.9. The van der Waals surface area contributed by atoms with E-state index in [9.17, 15) is 4.79 Å². The van der Waals surface area contributed by atoms with Gasteiger partial charge in [0.2, 0.25) is 0 Å². The number of rotatable bonds is 9. The van der Waals surface area contributed by atoms with Gasteiger partial charge in [0.1, 0.15) is 11.4 Å². The lowest BCUT2D eigenvalue weighted by Crippen LogP contribution is -2.10. The first-order valence-electron chi connectivity index (χ1n) is 12.1. The van der Waals surface area contributed by atoms with Gasteiger partial charge in [-0.15, -0.1) is 0 Å². The summed E-state index contributed by atoms with van der Waals surface area (Å²) < 4.78 is 11.1. The Hall–Kier alpha value is -3.19. The number of ether oxygens (including phenoxy) is 2. The molecule has 0 saturated carbocycles. The average Bonchev–Trinajstić information content (AvgIpc) is 2.89. The Morgan fingerprint density at radius 3 is 2.31 bits per heavy atom. The summed E-state index contributed by atoms with van der Waals surface area (Å²) in [6, 6.07) is 17.8. The number of nitrogens with one attached hydrogen (secondary N) is 2. The predicted molar refractivity (Wildman–Crippen MR) is 154 cm³/mol.